The van der Waals surface area contributed by atoms with Crippen LogP contribution in [0.5, 0.6) is 0 Å². The van der Waals surface area contributed by atoms with Crippen LogP contribution in [-0.2, 0) is 16.1 Å². The normalized spacial score (nSPS) is 11.4. The zero-order valence-corrected chi connectivity index (χ0v) is 19.7. The van der Waals surface area contributed by atoms with Gasteiger partial charge in [0.15, 0.2) is 0 Å². The van der Waals surface area contributed by atoms with E-state index in [0.29, 0.717) is 19.7 Å². The van der Waals surface area contributed by atoms with Crippen molar-refractivity contribution in [3.05, 3.63) is 72.1 Å². The predicted molar refractivity (Wildman–Crippen MR) is 129 cm³/mol. The number of hydrogen-bond donors (Lipinski definition) is 1. The Bertz CT molecular complexity index is 1050. The molecule has 0 saturated heterocycles. The lowest BCUT2D eigenvalue weighted by Gasteiger charge is -2.24. The van der Waals surface area contributed by atoms with Crippen molar-refractivity contribution < 1.29 is 14.6 Å². The molecule has 0 atom stereocenters. The molecule has 0 aliphatic rings. The first-order valence-electron chi connectivity index (χ1n) is 10.4. The lowest BCUT2D eigenvalue weighted by atomic mass is 10.1. The molecule has 0 fully saturated rings. The van der Waals surface area contributed by atoms with Gasteiger partial charge in [-0.3, -0.25) is 4.79 Å². The number of aliphatic carboxylic acids is 1. The number of nitrogens with zero attached hydrogens (tertiary/aromatic N) is 3. The molecule has 0 unspecified atom stereocenters. The van der Waals surface area contributed by atoms with Crippen LogP contribution in [0.25, 0.3) is 11.3 Å². The number of hydrogen-bond acceptors (Lipinski definition) is 6. The molecule has 3 aromatic rings. The number of benzene rings is 2. The Hall–Kier alpha value is -2.90. The van der Waals surface area contributed by atoms with E-state index in [-0.39, 0.29) is 0 Å². The number of carboxylic acids is 1. The van der Waals surface area contributed by atoms with Crippen molar-refractivity contribution in [3.8, 4) is 11.3 Å². The van der Waals surface area contributed by atoms with Crippen LogP contribution in [0.1, 0.15) is 25.0 Å². The molecule has 0 aliphatic carbocycles. The average molecular weight is 452 g/mol. The molecule has 168 valence electrons. The summed E-state index contributed by atoms with van der Waals surface area (Å²) in [6.07, 6.45) is 1.60. The first-order valence-corrected chi connectivity index (χ1v) is 11.2. The Balaban J connectivity index is 1.80. The number of ether oxygens (including phenoxy) is 1. The monoisotopic (exact) mass is 451 g/mol. The van der Waals surface area contributed by atoms with Crippen LogP contribution >= 0.6 is 11.8 Å². The van der Waals surface area contributed by atoms with Gasteiger partial charge in [-0.2, -0.15) is 0 Å². The molecule has 0 amide bonds. The predicted octanol–water partition coefficient (Wildman–Crippen LogP) is 5.06. The van der Waals surface area contributed by atoms with Crippen LogP contribution < -0.4 is 4.90 Å². The summed E-state index contributed by atoms with van der Waals surface area (Å²) < 4.78 is 4.44. The van der Waals surface area contributed by atoms with E-state index in [1.165, 1.54) is 17.3 Å². The summed E-state index contributed by atoms with van der Waals surface area (Å²) in [6.45, 7) is 7.40. The van der Waals surface area contributed by atoms with Crippen molar-refractivity contribution >= 4 is 23.5 Å². The molecule has 3 rings (SSSR count). The quantitative estimate of drug-likeness (QED) is 0.432. The van der Waals surface area contributed by atoms with Gasteiger partial charge in [0.1, 0.15) is 16.9 Å². The lowest BCUT2D eigenvalue weighted by molar-refractivity contribution is -0.138. The molecule has 0 saturated carbocycles. The molecule has 2 aromatic carbocycles. The van der Waals surface area contributed by atoms with E-state index in [4.69, 9.17) is 4.74 Å². The zero-order valence-electron chi connectivity index (χ0n) is 18.9. The van der Waals surface area contributed by atoms with E-state index < -0.39 is 10.7 Å². The van der Waals surface area contributed by atoms with Crippen LogP contribution in [0.4, 0.5) is 5.82 Å². The van der Waals surface area contributed by atoms with E-state index in [9.17, 15) is 9.90 Å². The fourth-order valence-corrected chi connectivity index (χ4v) is 4.13. The second kappa shape index (κ2) is 10.6. The van der Waals surface area contributed by atoms with Gasteiger partial charge in [-0.25, -0.2) is 9.97 Å². The third-order valence-corrected chi connectivity index (χ3v) is 6.23. The van der Waals surface area contributed by atoms with Crippen molar-refractivity contribution in [1.82, 2.24) is 9.97 Å². The van der Waals surface area contributed by atoms with E-state index >= 15 is 0 Å². The molecule has 0 radical (unpaired) electrons. The molecule has 7 heteroatoms. The van der Waals surface area contributed by atoms with E-state index in [2.05, 4.69) is 33.9 Å². The van der Waals surface area contributed by atoms with Gasteiger partial charge in [-0.15, -0.1) is 11.8 Å². The van der Waals surface area contributed by atoms with Gasteiger partial charge < -0.3 is 14.7 Å². The maximum atomic E-state index is 11.4. The number of rotatable bonds is 10. The molecule has 6 nitrogen and oxygen atoms in total. The number of carboxylic acid groups (broad SMARTS) is 1. The van der Waals surface area contributed by atoms with Gasteiger partial charge in [0.25, 0.3) is 0 Å². The average Bonchev–Trinajstić information content (AvgIpc) is 2.77. The molecule has 1 N–H and O–H groups in total. The highest BCUT2D eigenvalue weighted by atomic mass is 32.2. The van der Waals surface area contributed by atoms with E-state index in [1.54, 1.807) is 27.3 Å². The van der Waals surface area contributed by atoms with Gasteiger partial charge in [0.05, 0.1) is 12.3 Å². The summed E-state index contributed by atoms with van der Waals surface area (Å²) in [5.41, 5.74) is 4.23. The second-order valence-electron chi connectivity index (χ2n) is 8.11. The Kier molecular flexibility index (Phi) is 7.88. The molecule has 1 aromatic heterocycles. The molecule has 1 heterocycles. The fourth-order valence-electron chi connectivity index (χ4n) is 3.18. The minimum Gasteiger partial charge on any atom is -0.480 e. The fraction of sp³-hybridized carbons (Fsp3) is 0.320. The number of aryl methyl sites for hydroxylation is 1. The first-order chi connectivity index (χ1) is 15.3. The highest BCUT2D eigenvalue weighted by molar-refractivity contribution is 8.01. The highest BCUT2D eigenvalue weighted by Crippen LogP contribution is 2.33. The largest absolute Gasteiger partial charge is 0.480 e. The van der Waals surface area contributed by atoms with Crippen molar-refractivity contribution in [1.29, 1.82) is 0 Å². The summed E-state index contributed by atoms with van der Waals surface area (Å²) in [5.74, 6) is 0.00418. The topological polar surface area (TPSA) is 75.5 Å². The van der Waals surface area contributed by atoms with Gasteiger partial charge in [0, 0.05) is 36.7 Å². The zero-order chi connectivity index (χ0) is 23.1. The third-order valence-electron chi connectivity index (χ3n) is 5.04. The van der Waals surface area contributed by atoms with Crippen LogP contribution in [0, 0.1) is 6.92 Å². The van der Waals surface area contributed by atoms with Crippen LogP contribution in [0.15, 0.2) is 65.8 Å². The Morgan fingerprint density at radius 1 is 1.12 bits per heavy atom. The van der Waals surface area contributed by atoms with Crippen LogP contribution in [0.3, 0.4) is 0 Å². The molecular weight excluding hydrogens is 422 g/mol. The maximum absolute atomic E-state index is 11.4. The van der Waals surface area contributed by atoms with Gasteiger partial charge in [-0.1, -0.05) is 35.9 Å². The van der Waals surface area contributed by atoms with Crippen molar-refractivity contribution in [2.45, 2.75) is 37.0 Å². The number of thioether (sulfide) groups is 1. The van der Waals surface area contributed by atoms with Gasteiger partial charge >= 0.3 is 5.97 Å². The SMILES string of the molecule is COCCN(Cc1ccc(SC(C)(C)C(=O)O)cc1)c1cc(-c2cccc(C)c2)ncn1. The Morgan fingerprint density at radius 3 is 2.53 bits per heavy atom. The van der Waals surface area contributed by atoms with Crippen molar-refractivity contribution in [2.24, 2.45) is 0 Å². The molecule has 32 heavy (non-hydrogen) atoms. The molecule has 0 aliphatic heterocycles. The summed E-state index contributed by atoms with van der Waals surface area (Å²) in [7, 11) is 1.69. The molecule has 0 bridgehead atoms. The molecular formula is C25H29N3O3S. The van der Waals surface area contributed by atoms with Crippen LogP contribution in [-0.4, -0.2) is 46.1 Å². The highest BCUT2D eigenvalue weighted by Gasteiger charge is 2.28. The standard InChI is InChI=1S/C25H29N3O3S/c1-18-6-5-7-20(14-18)22-15-23(27-17-26-22)28(12-13-31-4)16-19-8-10-21(11-9-19)32-25(2,3)24(29)30/h5-11,14-15,17H,12-13,16H2,1-4H3,(H,29,30). The summed E-state index contributed by atoms with van der Waals surface area (Å²) in [5, 5.41) is 9.35. The second-order valence-corrected chi connectivity index (χ2v) is 9.80. The minimum atomic E-state index is -0.876. The van der Waals surface area contributed by atoms with Crippen molar-refractivity contribution in [3.63, 3.8) is 0 Å². The summed E-state index contributed by atoms with van der Waals surface area (Å²) in [4.78, 5) is 23.4. The number of aromatic nitrogens is 2. The number of methoxy groups -OCH3 is 1. The lowest BCUT2D eigenvalue weighted by Crippen LogP contribution is -2.28. The third kappa shape index (κ3) is 6.31. The van der Waals surface area contributed by atoms with Crippen LogP contribution in [0.2, 0.25) is 0 Å². The Labute approximate surface area is 193 Å². The minimum absolute atomic E-state index is 0.574. The van der Waals surface area contributed by atoms with E-state index in [0.717, 1.165) is 27.5 Å². The molecule has 0 spiro atoms. The summed E-state index contributed by atoms with van der Waals surface area (Å²) >= 11 is 1.34. The smallest absolute Gasteiger partial charge is 0.319 e. The summed E-state index contributed by atoms with van der Waals surface area (Å²) in [6, 6.07) is 18.3. The Morgan fingerprint density at radius 2 is 1.88 bits per heavy atom. The van der Waals surface area contributed by atoms with Crippen molar-refractivity contribution in [2.75, 3.05) is 25.2 Å². The first kappa shape index (κ1) is 23.8. The van der Waals surface area contributed by atoms with E-state index in [1.807, 2.05) is 42.5 Å². The maximum Gasteiger partial charge on any atom is 0.319 e. The van der Waals surface area contributed by atoms with Gasteiger partial charge in [-0.05, 0) is 44.5 Å². The number of carbonyl (C=O) groups is 1. The number of anilines is 1. The van der Waals surface area contributed by atoms with Gasteiger partial charge in [0.2, 0.25) is 0 Å².